The molecule has 18 heteroatoms. The standard InChI is InChI=1S/C46H52N12O6/c1-10-57-37(17-28(5)51-57)43(61)49-45-53(7)35-20-31(41(47)59)15-16-34(35)55(45)23-26(3)27(4)24-56-40-36(54(8)46(56)50-44(62)38-18-29(6)52-58(38)11-2)21-32(42(48)60)22-39(40)64-25-30-13-12-14-33(19-30)63-9/h12-22H,10-11,23-25H2,1-9H3,(H2,47,59)(H2,48,60)/b27-26+,49-45+,50-46+. The van der Waals surface area contributed by atoms with Crippen molar-refractivity contribution in [2.45, 2.75) is 74.3 Å². The van der Waals surface area contributed by atoms with E-state index in [0.29, 0.717) is 80.6 Å². The first kappa shape index (κ1) is 44.3. The molecule has 0 spiro atoms. The maximum absolute atomic E-state index is 14.1. The normalized spacial score (nSPS) is 12.6. The molecular weight excluding hydrogens is 817 g/mol. The number of primary amides is 2. The van der Waals surface area contributed by atoms with Gasteiger partial charge in [0.15, 0.2) is 0 Å². The summed E-state index contributed by atoms with van der Waals surface area (Å²) in [6.07, 6.45) is 0. The zero-order valence-electron chi connectivity index (χ0n) is 37.5. The van der Waals surface area contributed by atoms with Gasteiger partial charge in [-0.05, 0) is 102 Å². The number of carbonyl (C=O) groups excluding carboxylic acids is 4. The van der Waals surface area contributed by atoms with Crippen LogP contribution < -0.4 is 32.2 Å². The molecule has 4 heterocycles. The second-order valence-corrected chi connectivity index (χ2v) is 15.7. The van der Waals surface area contributed by atoms with Gasteiger partial charge in [-0.1, -0.05) is 23.3 Å². The number of imidazole rings is 2. The Morgan fingerprint density at radius 3 is 1.78 bits per heavy atom. The number of benzene rings is 3. The Balaban J connectivity index is 1.41. The van der Waals surface area contributed by atoms with Gasteiger partial charge in [-0.2, -0.15) is 20.2 Å². The zero-order chi connectivity index (χ0) is 46.1. The number of hydrogen-bond acceptors (Lipinski definition) is 8. The van der Waals surface area contributed by atoms with Gasteiger partial charge in [0.25, 0.3) is 11.8 Å². The fourth-order valence-corrected chi connectivity index (χ4v) is 7.79. The number of methoxy groups -OCH3 is 1. The third-order valence-electron chi connectivity index (χ3n) is 11.3. The lowest BCUT2D eigenvalue weighted by atomic mass is 10.1. The fourth-order valence-electron chi connectivity index (χ4n) is 7.79. The maximum atomic E-state index is 14.1. The van der Waals surface area contributed by atoms with Crippen molar-refractivity contribution in [1.29, 1.82) is 0 Å². The number of hydrogen-bond donors (Lipinski definition) is 2. The summed E-state index contributed by atoms with van der Waals surface area (Å²) in [5.41, 5.74) is 19.8. The van der Waals surface area contributed by atoms with Gasteiger partial charge in [-0.15, -0.1) is 0 Å². The van der Waals surface area contributed by atoms with Crippen LogP contribution in [0.4, 0.5) is 0 Å². The highest BCUT2D eigenvalue weighted by Gasteiger charge is 2.22. The molecule has 3 aromatic carbocycles. The second kappa shape index (κ2) is 17.9. The molecule has 0 atom stereocenters. The Labute approximate surface area is 368 Å². The first-order valence-electron chi connectivity index (χ1n) is 20.7. The molecule has 18 nitrogen and oxygen atoms in total. The van der Waals surface area contributed by atoms with Crippen molar-refractivity contribution in [3.05, 3.63) is 129 Å². The highest BCUT2D eigenvalue weighted by molar-refractivity contribution is 5.99. The number of carbonyl (C=O) groups is 4. The van der Waals surface area contributed by atoms with Crippen molar-refractivity contribution in [3.8, 4) is 11.5 Å². The molecule has 0 aliphatic rings. The smallest absolute Gasteiger partial charge is 0.298 e. The van der Waals surface area contributed by atoms with E-state index in [2.05, 4.69) is 15.2 Å². The van der Waals surface area contributed by atoms with Crippen LogP contribution in [0.2, 0.25) is 0 Å². The minimum atomic E-state index is -0.659. The highest BCUT2D eigenvalue weighted by atomic mass is 16.5. The topological polar surface area (TPSA) is 219 Å². The van der Waals surface area contributed by atoms with Crippen LogP contribution in [0.5, 0.6) is 11.5 Å². The van der Waals surface area contributed by atoms with Gasteiger partial charge >= 0.3 is 0 Å². The summed E-state index contributed by atoms with van der Waals surface area (Å²) < 4.78 is 22.5. The van der Waals surface area contributed by atoms with Crippen molar-refractivity contribution in [3.63, 3.8) is 0 Å². The lowest BCUT2D eigenvalue weighted by Gasteiger charge is -2.15. The van der Waals surface area contributed by atoms with Gasteiger partial charge in [-0.25, -0.2) is 0 Å². The van der Waals surface area contributed by atoms with Gasteiger partial charge < -0.3 is 39.2 Å². The molecule has 0 unspecified atom stereocenters. The third kappa shape index (κ3) is 8.53. The number of fused-ring (bicyclic) bond motifs is 2. The molecule has 64 heavy (non-hydrogen) atoms. The number of amides is 4. The average molecular weight is 869 g/mol. The Morgan fingerprint density at radius 2 is 1.22 bits per heavy atom. The van der Waals surface area contributed by atoms with Crippen molar-refractivity contribution in [1.82, 2.24) is 37.8 Å². The lowest BCUT2D eigenvalue weighted by molar-refractivity contribution is 0.0977. The summed E-state index contributed by atoms with van der Waals surface area (Å²) in [5.74, 6) is -1.23. The van der Waals surface area contributed by atoms with E-state index in [0.717, 1.165) is 16.7 Å². The van der Waals surface area contributed by atoms with E-state index in [-0.39, 0.29) is 30.9 Å². The third-order valence-corrected chi connectivity index (χ3v) is 11.3. The zero-order valence-corrected chi connectivity index (χ0v) is 37.5. The summed E-state index contributed by atoms with van der Waals surface area (Å²) >= 11 is 0. The predicted octanol–water partition coefficient (Wildman–Crippen LogP) is 4.63. The molecule has 7 rings (SSSR count). The maximum Gasteiger partial charge on any atom is 0.298 e. The van der Waals surface area contributed by atoms with E-state index in [4.69, 9.17) is 25.9 Å². The summed E-state index contributed by atoms with van der Waals surface area (Å²) in [7, 11) is 5.13. The Morgan fingerprint density at radius 1 is 0.672 bits per heavy atom. The van der Waals surface area contributed by atoms with Crippen LogP contribution in [0.25, 0.3) is 22.1 Å². The van der Waals surface area contributed by atoms with Crippen LogP contribution in [0.1, 0.15) is 86.3 Å². The summed E-state index contributed by atoms with van der Waals surface area (Å²) in [4.78, 5) is 62.3. The Hall–Kier alpha value is -7.76. The van der Waals surface area contributed by atoms with Gasteiger partial charge in [0.2, 0.25) is 23.1 Å². The first-order valence-corrected chi connectivity index (χ1v) is 20.7. The molecule has 4 aromatic heterocycles. The number of ether oxygens (including phenoxy) is 2. The molecule has 0 aliphatic heterocycles. The van der Waals surface area contributed by atoms with Crippen LogP contribution in [-0.2, 0) is 46.9 Å². The number of aryl methyl sites for hydroxylation is 6. The number of rotatable bonds is 14. The number of allylic oxidation sites excluding steroid dienone is 2. The van der Waals surface area contributed by atoms with E-state index in [1.807, 2.05) is 74.9 Å². The van der Waals surface area contributed by atoms with Crippen LogP contribution in [-0.4, -0.2) is 68.6 Å². The van der Waals surface area contributed by atoms with E-state index < -0.39 is 23.6 Å². The van der Waals surface area contributed by atoms with Gasteiger partial charge in [0.1, 0.15) is 35.0 Å². The molecule has 0 bridgehead atoms. The van der Waals surface area contributed by atoms with Crippen LogP contribution in [0, 0.1) is 13.8 Å². The number of aromatic nitrogens is 8. The van der Waals surface area contributed by atoms with Crippen LogP contribution in [0.15, 0.2) is 87.9 Å². The molecule has 0 saturated heterocycles. The molecule has 332 valence electrons. The van der Waals surface area contributed by atoms with Crippen LogP contribution >= 0.6 is 0 Å². The molecule has 0 aliphatic carbocycles. The average Bonchev–Trinajstić information content (AvgIpc) is 4.00. The number of nitrogens with two attached hydrogens (primary N) is 2. The van der Waals surface area contributed by atoms with Crippen molar-refractivity contribution < 1.29 is 28.7 Å². The molecular formula is C46H52N12O6. The van der Waals surface area contributed by atoms with Gasteiger partial charge in [0.05, 0.1) is 35.0 Å². The highest BCUT2D eigenvalue weighted by Crippen LogP contribution is 2.30. The van der Waals surface area contributed by atoms with Crippen molar-refractivity contribution in [2.75, 3.05) is 7.11 Å². The summed E-state index contributed by atoms with van der Waals surface area (Å²) in [6.45, 7) is 12.9. The van der Waals surface area contributed by atoms with Crippen LogP contribution in [0.3, 0.4) is 0 Å². The largest absolute Gasteiger partial charge is 0.497 e. The molecule has 4 N–H and O–H groups in total. The van der Waals surface area contributed by atoms with E-state index in [1.165, 1.54) is 0 Å². The molecule has 0 fully saturated rings. The van der Waals surface area contributed by atoms with Crippen molar-refractivity contribution >= 4 is 45.7 Å². The second-order valence-electron chi connectivity index (χ2n) is 15.7. The van der Waals surface area contributed by atoms with E-state index in [9.17, 15) is 19.2 Å². The Bertz CT molecular complexity index is 3200. The van der Waals surface area contributed by atoms with E-state index in [1.54, 1.807) is 82.2 Å². The molecule has 0 saturated carbocycles. The monoisotopic (exact) mass is 868 g/mol. The fraction of sp³-hybridized carbons (Fsp3) is 0.304. The SMILES string of the molecule is CCn1nc(C)cc1C(=O)/N=c1\n(C)c2cc(C(N)=O)ccc2n1C/C(C)=C(\C)Cn1/c(=N/C(=O)c2cc(C)nn2CC)n(C)c2cc(C(N)=O)cc(OCc3cccc(OC)c3)c21. The summed E-state index contributed by atoms with van der Waals surface area (Å²) in [6, 6.07) is 19.2. The predicted molar refractivity (Wildman–Crippen MR) is 240 cm³/mol. The Kier molecular flexibility index (Phi) is 12.4. The van der Waals surface area contributed by atoms with Gasteiger partial charge in [0, 0.05) is 51.4 Å². The number of nitrogens with zero attached hydrogens (tertiary/aromatic N) is 10. The molecule has 4 amide bonds. The molecule has 7 aromatic rings. The van der Waals surface area contributed by atoms with Gasteiger partial charge in [-0.3, -0.25) is 28.5 Å². The summed E-state index contributed by atoms with van der Waals surface area (Å²) in [5, 5.41) is 8.90. The quantitative estimate of drug-likeness (QED) is 0.147. The van der Waals surface area contributed by atoms with Crippen molar-refractivity contribution in [2.24, 2.45) is 35.5 Å². The lowest BCUT2D eigenvalue weighted by Crippen LogP contribution is -2.28. The minimum Gasteiger partial charge on any atom is -0.497 e. The molecule has 0 radical (unpaired) electrons. The first-order chi connectivity index (χ1) is 30.5. The van der Waals surface area contributed by atoms with E-state index >= 15 is 0 Å². The minimum absolute atomic E-state index is 0.121.